The van der Waals surface area contributed by atoms with Crippen LogP contribution in [-0.2, 0) is 0 Å². The summed E-state index contributed by atoms with van der Waals surface area (Å²) in [5.41, 5.74) is 7.83. The number of furan rings is 1. The zero-order chi connectivity index (χ0) is 36.7. The van der Waals surface area contributed by atoms with E-state index in [1.165, 1.54) is 43.4 Å². The Hall–Kier alpha value is -7.63. The molecule has 0 bridgehead atoms. The van der Waals surface area contributed by atoms with Crippen LogP contribution in [0.2, 0.25) is 0 Å². The number of rotatable bonds is 4. The van der Waals surface area contributed by atoms with Crippen molar-refractivity contribution in [3.63, 3.8) is 0 Å². The van der Waals surface area contributed by atoms with E-state index >= 15 is 0 Å². The van der Waals surface area contributed by atoms with Gasteiger partial charge in [0.25, 0.3) is 0 Å². The third-order valence-electron chi connectivity index (χ3n) is 11.2. The van der Waals surface area contributed by atoms with Crippen molar-refractivity contribution in [2.75, 3.05) is 0 Å². The molecule has 9 aromatic carbocycles. The van der Waals surface area contributed by atoms with Crippen LogP contribution in [0, 0.1) is 0 Å². The van der Waals surface area contributed by atoms with Gasteiger partial charge in [0, 0.05) is 49.0 Å². The van der Waals surface area contributed by atoms with E-state index in [1.807, 2.05) is 60.7 Å². The minimum absolute atomic E-state index is 0.593. The van der Waals surface area contributed by atoms with Gasteiger partial charge in [-0.3, -0.25) is 0 Å². The van der Waals surface area contributed by atoms with Crippen molar-refractivity contribution in [3.05, 3.63) is 182 Å². The third-order valence-corrected chi connectivity index (χ3v) is 11.2. The second-order valence-corrected chi connectivity index (χ2v) is 14.4. The molecule has 0 fully saturated rings. The lowest BCUT2D eigenvalue weighted by Gasteiger charge is -2.13. The van der Waals surface area contributed by atoms with Gasteiger partial charge in [-0.2, -0.15) is 0 Å². The lowest BCUT2D eigenvalue weighted by Crippen LogP contribution is -2.00. The van der Waals surface area contributed by atoms with Crippen LogP contribution < -0.4 is 0 Å². The van der Waals surface area contributed by atoms with E-state index in [1.54, 1.807) is 0 Å². The molecule has 3 aromatic heterocycles. The number of aromatic nitrogens is 4. The van der Waals surface area contributed by atoms with Gasteiger partial charge in [0.1, 0.15) is 11.2 Å². The summed E-state index contributed by atoms with van der Waals surface area (Å²) >= 11 is 0. The maximum atomic E-state index is 6.84. The summed E-state index contributed by atoms with van der Waals surface area (Å²) in [4.78, 5) is 14.9. The first-order valence-corrected chi connectivity index (χ1v) is 18.9. The fraction of sp³-hybridized carbons (Fsp3) is 0. The van der Waals surface area contributed by atoms with Crippen LogP contribution in [0.25, 0.3) is 116 Å². The average Bonchev–Trinajstić information content (AvgIpc) is 3.80. The van der Waals surface area contributed by atoms with E-state index < -0.39 is 0 Å². The SMILES string of the molecule is c1ccc(-c2nc(-c3ccccc3)nc(-c3ccc4c(c3)oc3c5ccccc5c(-n5c6cc7ccccc7cc6c6c7ccccc7ccc65)cc43)n2)cc1. The molecule has 0 N–H and O–H groups in total. The second kappa shape index (κ2) is 11.9. The molecule has 0 spiro atoms. The molecule has 260 valence electrons. The fourth-order valence-electron chi connectivity index (χ4n) is 8.57. The molecule has 0 amide bonds. The third kappa shape index (κ3) is 4.64. The molecule has 0 aliphatic carbocycles. The molecule has 0 aliphatic rings. The van der Waals surface area contributed by atoms with Crippen molar-refractivity contribution >= 4 is 76.1 Å². The number of hydrogen-bond acceptors (Lipinski definition) is 4. The quantitative estimate of drug-likeness (QED) is 0.182. The smallest absolute Gasteiger partial charge is 0.164 e. The molecule has 0 aliphatic heterocycles. The van der Waals surface area contributed by atoms with Crippen molar-refractivity contribution in [2.45, 2.75) is 0 Å². The lowest BCUT2D eigenvalue weighted by molar-refractivity contribution is 0.672. The van der Waals surface area contributed by atoms with Gasteiger partial charge in [-0.15, -0.1) is 0 Å². The van der Waals surface area contributed by atoms with Crippen LogP contribution in [0.15, 0.2) is 186 Å². The van der Waals surface area contributed by atoms with Gasteiger partial charge < -0.3 is 8.98 Å². The van der Waals surface area contributed by atoms with Crippen LogP contribution in [0.3, 0.4) is 0 Å². The monoisotopic (exact) mass is 714 g/mol. The summed E-state index contributed by atoms with van der Waals surface area (Å²) in [7, 11) is 0. The Balaban J connectivity index is 1.11. The molecule has 12 rings (SSSR count). The van der Waals surface area contributed by atoms with Gasteiger partial charge in [0.05, 0.1) is 16.7 Å². The average molecular weight is 715 g/mol. The van der Waals surface area contributed by atoms with Gasteiger partial charge in [0.15, 0.2) is 17.5 Å². The van der Waals surface area contributed by atoms with Crippen LogP contribution in [0.5, 0.6) is 0 Å². The highest BCUT2D eigenvalue weighted by Crippen LogP contribution is 2.43. The first-order valence-electron chi connectivity index (χ1n) is 18.9. The minimum atomic E-state index is 0.593. The van der Waals surface area contributed by atoms with Gasteiger partial charge in [0.2, 0.25) is 0 Å². The highest BCUT2D eigenvalue weighted by atomic mass is 16.3. The molecule has 0 atom stereocenters. The van der Waals surface area contributed by atoms with Crippen LogP contribution in [0.1, 0.15) is 0 Å². The molecule has 56 heavy (non-hydrogen) atoms. The first kappa shape index (κ1) is 30.8. The van der Waals surface area contributed by atoms with Gasteiger partial charge >= 0.3 is 0 Å². The Labute approximate surface area is 320 Å². The van der Waals surface area contributed by atoms with Crippen LogP contribution >= 0.6 is 0 Å². The summed E-state index contributed by atoms with van der Waals surface area (Å²) in [6.07, 6.45) is 0. The summed E-state index contributed by atoms with van der Waals surface area (Å²) < 4.78 is 9.30. The van der Waals surface area contributed by atoms with Gasteiger partial charge in [-0.1, -0.05) is 146 Å². The largest absolute Gasteiger partial charge is 0.455 e. The number of fused-ring (bicyclic) bond motifs is 11. The normalized spacial score (nSPS) is 11.9. The Morgan fingerprint density at radius 3 is 1.66 bits per heavy atom. The zero-order valence-corrected chi connectivity index (χ0v) is 30.0. The second-order valence-electron chi connectivity index (χ2n) is 14.4. The Morgan fingerprint density at radius 2 is 0.946 bits per heavy atom. The van der Waals surface area contributed by atoms with Crippen LogP contribution in [0.4, 0.5) is 0 Å². The molecule has 12 aromatic rings. The first-order chi connectivity index (χ1) is 27.7. The summed E-state index contributed by atoms with van der Waals surface area (Å²) in [5, 5.41) is 11.7. The molecule has 5 nitrogen and oxygen atoms in total. The van der Waals surface area contributed by atoms with E-state index in [4.69, 9.17) is 19.4 Å². The highest BCUT2D eigenvalue weighted by Gasteiger charge is 2.21. The molecule has 0 saturated carbocycles. The Morgan fingerprint density at radius 1 is 0.357 bits per heavy atom. The van der Waals surface area contributed by atoms with Crippen molar-refractivity contribution in [1.29, 1.82) is 0 Å². The van der Waals surface area contributed by atoms with E-state index in [-0.39, 0.29) is 0 Å². The number of hydrogen-bond donors (Lipinski definition) is 0. The predicted molar refractivity (Wildman–Crippen MR) is 230 cm³/mol. The highest BCUT2D eigenvalue weighted by molar-refractivity contribution is 6.25. The van der Waals surface area contributed by atoms with Crippen molar-refractivity contribution in [3.8, 4) is 39.9 Å². The van der Waals surface area contributed by atoms with Gasteiger partial charge in [-0.05, 0) is 57.9 Å². The van der Waals surface area contributed by atoms with Crippen molar-refractivity contribution in [1.82, 2.24) is 19.5 Å². The summed E-state index contributed by atoms with van der Waals surface area (Å²) in [5.74, 6) is 1.85. The van der Waals surface area contributed by atoms with Gasteiger partial charge in [-0.25, -0.2) is 15.0 Å². The van der Waals surface area contributed by atoms with E-state index in [2.05, 4.69) is 126 Å². The van der Waals surface area contributed by atoms with E-state index in [0.29, 0.717) is 17.5 Å². The molecular weight excluding hydrogens is 685 g/mol. The lowest BCUT2D eigenvalue weighted by atomic mass is 10.0. The molecular formula is C51H30N4O. The van der Waals surface area contributed by atoms with Crippen molar-refractivity contribution < 1.29 is 4.42 Å². The van der Waals surface area contributed by atoms with Crippen LogP contribution in [-0.4, -0.2) is 19.5 Å². The standard InChI is InChI=1S/C51H30N4O/c1-3-14-32(15-4-1)49-52-50(33-16-5-2-6-17-33)54-51(53-49)36-23-25-39-41-30-45(38-21-11-12-22-40(38)48(41)56-46(39)29-36)55-43-26-24-31-13-9-10-20-37(31)47(43)42-27-34-18-7-8-19-35(34)28-44(42)55/h1-30H. The summed E-state index contributed by atoms with van der Waals surface area (Å²) in [6, 6.07) is 64.0. The van der Waals surface area contributed by atoms with E-state index in [9.17, 15) is 0 Å². The molecule has 0 saturated heterocycles. The number of nitrogens with zero attached hydrogens (tertiary/aromatic N) is 4. The maximum absolute atomic E-state index is 6.84. The topological polar surface area (TPSA) is 56.7 Å². The Kier molecular flexibility index (Phi) is 6.56. The van der Waals surface area contributed by atoms with Crippen molar-refractivity contribution in [2.24, 2.45) is 0 Å². The molecule has 3 heterocycles. The number of benzene rings is 9. The molecule has 0 unspecified atom stereocenters. The minimum Gasteiger partial charge on any atom is -0.455 e. The fourth-order valence-corrected chi connectivity index (χ4v) is 8.57. The molecule has 0 radical (unpaired) electrons. The summed E-state index contributed by atoms with van der Waals surface area (Å²) in [6.45, 7) is 0. The Bertz CT molecular complexity index is 3470. The van der Waals surface area contributed by atoms with E-state index in [0.717, 1.165) is 55.1 Å². The zero-order valence-electron chi connectivity index (χ0n) is 30.0. The predicted octanol–water partition coefficient (Wildman–Crippen LogP) is 13.3. The maximum Gasteiger partial charge on any atom is 0.164 e. The molecule has 5 heteroatoms.